The van der Waals surface area contributed by atoms with Crippen molar-refractivity contribution >= 4 is 5.91 Å². The maximum absolute atomic E-state index is 12.9. The molecular formula is C17H33N3O. The highest BCUT2D eigenvalue weighted by Crippen LogP contribution is 2.39. The zero-order valence-corrected chi connectivity index (χ0v) is 13.9. The first kappa shape index (κ1) is 16.8. The SMILES string of the molecule is CCC1CN(C)CCCN1C(=O)CC1(CN)CCCCC1. The number of nitrogens with two attached hydrogens (primary N) is 1. The molecule has 21 heavy (non-hydrogen) atoms. The Hall–Kier alpha value is -0.610. The molecule has 1 atom stereocenters. The van der Waals surface area contributed by atoms with Crippen LogP contribution in [0.5, 0.6) is 0 Å². The molecule has 1 amide bonds. The molecule has 1 aliphatic heterocycles. The highest BCUT2D eigenvalue weighted by atomic mass is 16.2. The fraction of sp³-hybridized carbons (Fsp3) is 0.941. The van der Waals surface area contributed by atoms with Crippen LogP contribution >= 0.6 is 0 Å². The summed E-state index contributed by atoms with van der Waals surface area (Å²) in [4.78, 5) is 17.4. The molecule has 2 N–H and O–H groups in total. The number of carbonyl (C=O) groups is 1. The molecule has 1 saturated heterocycles. The lowest BCUT2D eigenvalue weighted by Gasteiger charge is -2.39. The molecule has 0 aromatic carbocycles. The lowest BCUT2D eigenvalue weighted by atomic mass is 9.71. The summed E-state index contributed by atoms with van der Waals surface area (Å²) in [6.07, 6.45) is 8.88. The molecule has 2 rings (SSSR count). The Morgan fingerprint density at radius 3 is 2.52 bits per heavy atom. The molecule has 1 unspecified atom stereocenters. The smallest absolute Gasteiger partial charge is 0.223 e. The predicted octanol–water partition coefficient (Wildman–Crippen LogP) is 2.23. The van der Waals surface area contributed by atoms with Gasteiger partial charge < -0.3 is 15.5 Å². The molecule has 0 bridgehead atoms. The van der Waals surface area contributed by atoms with Crippen molar-refractivity contribution < 1.29 is 4.79 Å². The first-order chi connectivity index (χ1) is 10.1. The van der Waals surface area contributed by atoms with E-state index < -0.39 is 0 Å². The average Bonchev–Trinajstić information content (AvgIpc) is 2.69. The highest BCUT2D eigenvalue weighted by Gasteiger charge is 2.36. The van der Waals surface area contributed by atoms with Crippen molar-refractivity contribution in [3.63, 3.8) is 0 Å². The van der Waals surface area contributed by atoms with E-state index in [1.54, 1.807) is 0 Å². The standard InChI is InChI=1S/C17H33N3O/c1-3-15-13-19(2)10-7-11-20(15)16(21)12-17(14-18)8-5-4-6-9-17/h15H,3-14,18H2,1-2H3. The van der Waals surface area contributed by atoms with Crippen molar-refractivity contribution in [3.05, 3.63) is 0 Å². The molecule has 1 aliphatic carbocycles. The van der Waals surface area contributed by atoms with Gasteiger partial charge in [0.25, 0.3) is 0 Å². The van der Waals surface area contributed by atoms with Gasteiger partial charge in [-0.05, 0) is 51.2 Å². The molecule has 0 radical (unpaired) electrons. The minimum atomic E-state index is 0.0891. The molecule has 2 fully saturated rings. The van der Waals surface area contributed by atoms with Crippen LogP contribution in [0.1, 0.15) is 58.3 Å². The van der Waals surface area contributed by atoms with Crippen molar-refractivity contribution in [1.82, 2.24) is 9.80 Å². The number of amides is 1. The van der Waals surface area contributed by atoms with Crippen LogP contribution in [0.25, 0.3) is 0 Å². The number of hydrogen-bond donors (Lipinski definition) is 1. The summed E-state index contributed by atoms with van der Waals surface area (Å²) in [7, 11) is 2.17. The lowest BCUT2D eigenvalue weighted by molar-refractivity contribution is -0.136. The minimum Gasteiger partial charge on any atom is -0.338 e. The summed E-state index contributed by atoms with van der Waals surface area (Å²) in [5.74, 6) is 0.351. The summed E-state index contributed by atoms with van der Waals surface area (Å²) in [6.45, 7) is 5.90. The van der Waals surface area contributed by atoms with Gasteiger partial charge in [-0.15, -0.1) is 0 Å². The normalized spacial score (nSPS) is 27.4. The third kappa shape index (κ3) is 4.19. The van der Waals surface area contributed by atoms with E-state index in [2.05, 4.69) is 23.8 Å². The first-order valence-electron chi connectivity index (χ1n) is 8.78. The van der Waals surface area contributed by atoms with Gasteiger partial charge in [-0.1, -0.05) is 26.2 Å². The second kappa shape index (κ2) is 7.59. The number of hydrogen-bond acceptors (Lipinski definition) is 3. The highest BCUT2D eigenvalue weighted by molar-refractivity contribution is 5.77. The molecule has 122 valence electrons. The van der Waals surface area contributed by atoms with Crippen LogP contribution < -0.4 is 5.73 Å². The first-order valence-corrected chi connectivity index (χ1v) is 8.78. The molecule has 1 heterocycles. The largest absolute Gasteiger partial charge is 0.338 e. The van der Waals surface area contributed by atoms with Gasteiger partial charge >= 0.3 is 0 Å². The third-order valence-corrected chi connectivity index (χ3v) is 5.57. The second-order valence-corrected chi connectivity index (χ2v) is 7.21. The molecule has 0 aromatic rings. The zero-order chi connectivity index (χ0) is 15.3. The molecule has 1 saturated carbocycles. The summed E-state index contributed by atoms with van der Waals surface area (Å²) in [5.41, 5.74) is 6.15. The van der Waals surface area contributed by atoms with Crippen molar-refractivity contribution in [3.8, 4) is 0 Å². The summed E-state index contributed by atoms with van der Waals surface area (Å²) in [6, 6.07) is 0.378. The zero-order valence-electron chi connectivity index (χ0n) is 13.9. The van der Waals surface area contributed by atoms with E-state index >= 15 is 0 Å². The Kier molecular flexibility index (Phi) is 6.06. The number of likely N-dealkylation sites (N-methyl/N-ethyl adjacent to an activating group) is 1. The van der Waals surface area contributed by atoms with Gasteiger partial charge in [-0.25, -0.2) is 0 Å². The number of carbonyl (C=O) groups excluding carboxylic acids is 1. The van der Waals surface area contributed by atoms with E-state index in [1.807, 2.05) is 0 Å². The molecule has 0 aromatic heterocycles. The topological polar surface area (TPSA) is 49.6 Å². The van der Waals surface area contributed by atoms with E-state index in [0.29, 0.717) is 24.9 Å². The summed E-state index contributed by atoms with van der Waals surface area (Å²) >= 11 is 0. The van der Waals surface area contributed by atoms with Crippen LogP contribution in [0.4, 0.5) is 0 Å². The van der Waals surface area contributed by atoms with Crippen molar-refractivity contribution in [2.75, 3.05) is 33.2 Å². The van der Waals surface area contributed by atoms with Crippen LogP contribution in [0.3, 0.4) is 0 Å². The lowest BCUT2D eigenvalue weighted by Crippen LogP contribution is -2.46. The van der Waals surface area contributed by atoms with E-state index in [4.69, 9.17) is 5.73 Å². The molecule has 0 spiro atoms. The van der Waals surface area contributed by atoms with E-state index in [1.165, 1.54) is 19.3 Å². The van der Waals surface area contributed by atoms with Crippen LogP contribution in [0.2, 0.25) is 0 Å². The fourth-order valence-corrected chi connectivity index (χ4v) is 4.10. The quantitative estimate of drug-likeness (QED) is 0.865. The maximum Gasteiger partial charge on any atom is 0.223 e. The predicted molar refractivity (Wildman–Crippen MR) is 87.1 cm³/mol. The number of rotatable bonds is 4. The third-order valence-electron chi connectivity index (χ3n) is 5.57. The molecule has 2 aliphatic rings. The van der Waals surface area contributed by atoms with Crippen LogP contribution in [0.15, 0.2) is 0 Å². The molecule has 4 nitrogen and oxygen atoms in total. The van der Waals surface area contributed by atoms with Gasteiger partial charge in [0.2, 0.25) is 5.91 Å². The van der Waals surface area contributed by atoms with Gasteiger partial charge in [0.1, 0.15) is 0 Å². The Morgan fingerprint density at radius 2 is 1.90 bits per heavy atom. The molecule has 4 heteroatoms. The van der Waals surface area contributed by atoms with Crippen LogP contribution in [0, 0.1) is 5.41 Å². The summed E-state index contributed by atoms with van der Waals surface area (Å²) in [5, 5.41) is 0. The van der Waals surface area contributed by atoms with Gasteiger partial charge in [0.15, 0.2) is 0 Å². The van der Waals surface area contributed by atoms with Crippen LogP contribution in [-0.2, 0) is 4.79 Å². The Balaban J connectivity index is 2.02. The molecular weight excluding hydrogens is 262 g/mol. The van der Waals surface area contributed by atoms with Gasteiger partial charge in [-0.3, -0.25) is 4.79 Å². The van der Waals surface area contributed by atoms with Gasteiger partial charge in [0, 0.05) is 25.6 Å². The van der Waals surface area contributed by atoms with E-state index in [9.17, 15) is 4.79 Å². The van der Waals surface area contributed by atoms with Crippen molar-refractivity contribution in [2.45, 2.75) is 64.3 Å². The van der Waals surface area contributed by atoms with Crippen LogP contribution in [-0.4, -0.2) is 55.0 Å². The van der Waals surface area contributed by atoms with Gasteiger partial charge in [0.05, 0.1) is 0 Å². The Morgan fingerprint density at radius 1 is 1.19 bits per heavy atom. The Labute approximate surface area is 130 Å². The average molecular weight is 295 g/mol. The van der Waals surface area contributed by atoms with Gasteiger partial charge in [-0.2, -0.15) is 0 Å². The summed E-state index contributed by atoms with van der Waals surface area (Å²) < 4.78 is 0. The minimum absolute atomic E-state index is 0.0891. The Bertz CT molecular complexity index is 339. The van der Waals surface area contributed by atoms with E-state index in [0.717, 1.165) is 45.3 Å². The maximum atomic E-state index is 12.9. The monoisotopic (exact) mass is 295 g/mol. The fourth-order valence-electron chi connectivity index (χ4n) is 4.10. The number of nitrogens with zero attached hydrogens (tertiary/aromatic N) is 2. The van der Waals surface area contributed by atoms with Crippen molar-refractivity contribution in [1.29, 1.82) is 0 Å². The van der Waals surface area contributed by atoms with E-state index in [-0.39, 0.29) is 5.41 Å². The second-order valence-electron chi connectivity index (χ2n) is 7.21. The van der Waals surface area contributed by atoms with Crippen molar-refractivity contribution in [2.24, 2.45) is 11.1 Å².